The minimum atomic E-state index is -3.79. The second kappa shape index (κ2) is 8.55. The van der Waals surface area contributed by atoms with Gasteiger partial charge in [-0.1, -0.05) is 6.07 Å². The molecule has 0 bridgehead atoms. The predicted molar refractivity (Wildman–Crippen MR) is 118 cm³/mol. The number of sulfonamides is 1. The number of hydrogen-bond acceptors (Lipinski definition) is 6. The smallest absolute Gasteiger partial charge is 0.258 e. The van der Waals surface area contributed by atoms with Gasteiger partial charge in [0.1, 0.15) is 0 Å². The van der Waals surface area contributed by atoms with Crippen LogP contribution in [0.5, 0.6) is 0 Å². The van der Waals surface area contributed by atoms with E-state index in [0.29, 0.717) is 35.4 Å². The zero-order valence-corrected chi connectivity index (χ0v) is 18.1. The molecule has 1 aliphatic heterocycles. The number of amides is 1. The molecule has 4 rings (SSSR count). The molecule has 0 saturated carbocycles. The number of nitrogens with one attached hydrogen (secondary N) is 1. The largest absolute Gasteiger partial charge is 0.379 e. The Balaban J connectivity index is 1.80. The zero-order chi connectivity index (χ0) is 22.9. The first-order chi connectivity index (χ1) is 15.3. The average Bonchev–Trinajstić information content (AvgIpc) is 2.82. The van der Waals surface area contributed by atoms with E-state index in [-0.39, 0.29) is 23.5 Å². The number of carbonyl (C=O) groups excluding carboxylic acids is 1. The molecule has 1 aliphatic rings. The van der Waals surface area contributed by atoms with Crippen molar-refractivity contribution >= 4 is 32.5 Å². The van der Waals surface area contributed by atoms with E-state index in [9.17, 15) is 18.0 Å². The van der Waals surface area contributed by atoms with Crippen molar-refractivity contribution in [1.82, 2.24) is 9.29 Å². The van der Waals surface area contributed by atoms with E-state index < -0.39 is 21.5 Å². The van der Waals surface area contributed by atoms with Crippen molar-refractivity contribution in [2.24, 2.45) is 0 Å². The molecule has 2 heterocycles. The van der Waals surface area contributed by atoms with E-state index in [1.807, 2.05) is 6.07 Å². The number of fused-ring (bicyclic) bond motifs is 1. The first kappa shape index (κ1) is 21.7. The fraction of sp³-hybridized carbons (Fsp3) is 0.227. The second-order valence-electron chi connectivity index (χ2n) is 7.30. The van der Waals surface area contributed by atoms with E-state index in [1.165, 1.54) is 34.5 Å². The van der Waals surface area contributed by atoms with Gasteiger partial charge in [-0.3, -0.25) is 9.59 Å². The lowest BCUT2D eigenvalue weighted by Crippen LogP contribution is -2.40. The number of anilines is 1. The van der Waals surface area contributed by atoms with Gasteiger partial charge >= 0.3 is 0 Å². The Morgan fingerprint density at radius 3 is 2.62 bits per heavy atom. The van der Waals surface area contributed by atoms with E-state index >= 15 is 0 Å². The number of morpholine rings is 1. The predicted octanol–water partition coefficient (Wildman–Crippen LogP) is 1.70. The Morgan fingerprint density at radius 2 is 1.91 bits per heavy atom. The summed E-state index contributed by atoms with van der Waals surface area (Å²) in [6.07, 6.45) is 0. The lowest BCUT2D eigenvalue weighted by atomic mass is 10.1. The number of nitriles is 1. The van der Waals surface area contributed by atoms with Crippen molar-refractivity contribution in [2.75, 3.05) is 38.3 Å². The monoisotopic (exact) mass is 452 g/mol. The number of benzene rings is 2. The quantitative estimate of drug-likeness (QED) is 0.643. The molecular formula is C22H20N4O5S. The zero-order valence-electron chi connectivity index (χ0n) is 17.2. The Kier molecular flexibility index (Phi) is 5.80. The average molecular weight is 452 g/mol. The Labute approximate surface area is 184 Å². The Bertz CT molecular complexity index is 1400. The van der Waals surface area contributed by atoms with Crippen molar-refractivity contribution in [2.45, 2.75) is 4.90 Å². The van der Waals surface area contributed by atoms with Gasteiger partial charge in [0.2, 0.25) is 15.6 Å². The van der Waals surface area contributed by atoms with Gasteiger partial charge in [0.05, 0.1) is 35.3 Å². The molecule has 0 unspecified atom stereocenters. The molecule has 1 fully saturated rings. The van der Waals surface area contributed by atoms with Gasteiger partial charge in [-0.25, -0.2) is 8.42 Å². The summed E-state index contributed by atoms with van der Waals surface area (Å²) < 4.78 is 32.7. The van der Waals surface area contributed by atoms with Gasteiger partial charge in [0.25, 0.3) is 5.91 Å². The van der Waals surface area contributed by atoms with Crippen LogP contribution in [0.4, 0.5) is 5.69 Å². The van der Waals surface area contributed by atoms with Crippen LogP contribution in [-0.4, -0.2) is 57.0 Å². The van der Waals surface area contributed by atoms with Crippen LogP contribution in [0.3, 0.4) is 0 Å². The molecule has 10 heteroatoms. The molecule has 0 radical (unpaired) electrons. The third kappa shape index (κ3) is 4.01. The van der Waals surface area contributed by atoms with Crippen LogP contribution >= 0.6 is 0 Å². The first-order valence-electron chi connectivity index (χ1n) is 9.84. The van der Waals surface area contributed by atoms with Crippen LogP contribution in [0.2, 0.25) is 0 Å². The fourth-order valence-electron chi connectivity index (χ4n) is 3.59. The molecule has 0 atom stereocenters. The molecule has 1 saturated heterocycles. The summed E-state index contributed by atoms with van der Waals surface area (Å²) in [5.74, 6) is -0.503. The van der Waals surface area contributed by atoms with Crippen LogP contribution in [0, 0.1) is 11.3 Å². The highest BCUT2D eigenvalue weighted by Gasteiger charge is 2.27. The topological polar surface area (TPSA) is 124 Å². The van der Waals surface area contributed by atoms with Gasteiger partial charge in [0.15, 0.2) is 0 Å². The molecule has 1 amide bonds. The summed E-state index contributed by atoms with van der Waals surface area (Å²) in [5.41, 5.74) is 0.786. The van der Waals surface area contributed by atoms with Crippen molar-refractivity contribution < 1.29 is 17.9 Å². The van der Waals surface area contributed by atoms with Gasteiger partial charge in [0, 0.05) is 42.8 Å². The van der Waals surface area contributed by atoms with Crippen molar-refractivity contribution in [1.29, 1.82) is 5.26 Å². The van der Waals surface area contributed by atoms with Crippen LogP contribution < -0.4 is 10.5 Å². The number of ether oxygens (including phenoxy) is 1. The van der Waals surface area contributed by atoms with Gasteiger partial charge < -0.3 is 14.6 Å². The fourth-order valence-corrected chi connectivity index (χ4v) is 5.02. The molecule has 9 nitrogen and oxygen atoms in total. The number of aromatic amines is 1. The number of H-pyrrole nitrogens is 1. The molecule has 1 aromatic heterocycles. The highest BCUT2D eigenvalue weighted by Crippen LogP contribution is 2.25. The van der Waals surface area contributed by atoms with Gasteiger partial charge in [-0.05, 0) is 36.4 Å². The van der Waals surface area contributed by atoms with Crippen molar-refractivity contribution in [3.63, 3.8) is 0 Å². The summed E-state index contributed by atoms with van der Waals surface area (Å²) in [5, 5.41) is 9.44. The summed E-state index contributed by atoms with van der Waals surface area (Å²) in [6, 6.07) is 14.0. The molecule has 3 aromatic rings. The van der Waals surface area contributed by atoms with Crippen LogP contribution in [0.25, 0.3) is 10.9 Å². The highest BCUT2D eigenvalue weighted by atomic mass is 32.2. The third-order valence-electron chi connectivity index (χ3n) is 5.32. The van der Waals surface area contributed by atoms with Gasteiger partial charge in [-0.15, -0.1) is 0 Å². The van der Waals surface area contributed by atoms with Crippen LogP contribution in [0.1, 0.15) is 15.9 Å². The molecule has 0 aliphatic carbocycles. The SMILES string of the molecule is CN(C(=O)c1cc(=O)[nH]c2ccc(S(=O)(=O)N3CCOCC3)cc12)c1cccc(C#N)c1. The lowest BCUT2D eigenvalue weighted by Gasteiger charge is -2.26. The maximum absolute atomic E-state index is 13.3. The van der Waals surface area contributed by atoms with E-state index in [4.69, 9.17) is 10.00 Å². The first-order valence-corrected chi connectivity index (χ1v) is 11.3. The molecule has 164 valence electrons. The number of hydrogen-bond donors (Lipinski definition) is 1. The van der Waals surface area contributed by atoms with Crippen molar-refractivity contribution in [3.8, 4) is 6.07 Å². The summed E-state index contributed by atoms with van der Waals surface area (Å²) in [7, 11) is -2.26. The number of carbonyl (C=O) groups is 1. The molecular weight excluding hydrogens is 432 g/mol. The van der Waals surface area contributed by atoms with E-state index in [0.717, 1.165) is 6.07 Å². The van der Waals surface area contributed by atoms with Crippen LogP contribution in [0.15, 0.2) is 58.2 Å². The van der Waals surface area contributed by atoms with Crippen molar-refractivity contribution in [3.05, 3.63) is 70.0 Å². The second-order valence-corrected chi connectivity index (χ2v) is 9.24. The molecule has 32 heavy (non-hydrogen) atoms. The standard InChI is InChI=1S/C22H20N4O5S/c1-25(16-4-2-3-15(11-16)14-23)22(28)19-13-21(27)24-20-6-5-17(12-18(19)20)32(29,30)26-7-9-31-10-8-26/h2-6,11-13H,7-10H2,1H3,(H,24,27). The number of nitrogens with zero attached hydrogens (tertiary/aromatic N) is 3. The molecule has 2 aromatic carbocycles. The molecule has 1 N–H and O–H groups in total. The number of pyridine rings is 1. The summed E-state index contributed by atoms with van der Waals surface area (Å²) >= 11 is 0. The number of aromatic nitrogens is 1. The maximum Gasteiger partial charge on any atom is 0.258 e. The number of rotatable bonds is 4. The Morgan fingerprint density at radius 1 is 1.16 bits per heavy atom. The highest BCUT2D eigenvalue weighted by molar-refractivity contribution is 7.89. The van der Waals surface area contributed by atoms with E-state index in [1.54, 1.807) is 24.3 Å². The summed E-state index contributed by atoms with van der Waals surface area (Å²) in [4.78, 5) is 29.5. The minimum absolute atomic E-state index is 0.0297. The van der Waals surface area contributed by atoms with E-state index in [2.05, 4.69) is 4.98 Å². The van der Waals surface area contributed by atoms with Gasteiger partial charge in [-0.2, -0.15) is 9.57 Å². The maximum atomic E-state index is 13.3. The lowest BCUT2D eigenvalue weighted by molar-refractivity contribution is 0.0730. The van der Waals surface area contributed by atoms with Crippen LogP contribution in [-0.2, 0) is 14.8 Å². The summed E-state index contributed by atoms with van der Waals surface area (Å²) in [6.45, 7) is 1.12. The third-order valence-corrected chi connectivity index (χ3v) is 7.21. The Hall–Kier alpha value is -3.52. The minimum Gasteiger partial charge on any atom is -0.379 e. The molecule has 0 spiro atoms. The normalized spacial score (nSPS) is 14.8.